The van der Waals surface area contributed by atoms with E-state index in [1.54, 1.807) is 13.0 Å². The van der Waals surface area contributed by atoms with Crippen LogP contribution in [0, 0.1) is 12.8 Å². The van der Waals surface area contributed by atoms with Crippen molar-refractivity contribution in [3.8, 4) is 0 Å². The van der Waals surface area contributed by atoms with E-state index in [1.165, 1.54) is 47.8 Å². The number of nitrogens with zero attached hydrogens (tertiary/aromatic N) is 1. The summed E-state index contributed by atoms with van der Waals surface area (Å²) in [5, 5.41) is 3.20. The van der Waals surface area contributed by atoms with Gasteiger partial charge in [0.05, 0.1) is 15.7 Å². The molecular weight excluding hydrogens is 462 g/mol. The molecule has 3 rings (SSSR count). The summed E-state index contributed by atoms with van der Waals surface area (Å²) in [7, 11) is -6.10. The molecule has 1 amide bonds. The Morgan fingerprint density at radius 3 is 2.35 bits per heavy atom. The monoisotopic (exact) mass is 485 g/mol. The van der Waals surface area contributed by atoms with Crippen molar-refractivity contribution in [3.05, 3.63) is 53.1 Å². The van der Waals surface area contributed by atoms with Gasteiger partial charge in [0.1, 0.15) is 0 Å². The van der Waals surface area contributed by atoms with Crippen molar-refractivity contribution in [2.45, 2.75) is 29.6 Å². The summed E-state index contributed by atoms with van der Waals surface area (Å²) in [5.74, 6) is -0.905. The maximum absolute atomic E-state index is 12.9. The maximum atomic E-state index is 12.9. The van der Waals surface area contributed by atoms with Gasteiger partial charge in [-0.25, -0.2) is 21.6 Å². The van der Waals surface area contributed by atoms with Crippen molar-refractivity contribution in [2.75, 3.05) is 25.5 Å². The second-order valence-electron chi connectivity index (χ2n) is 7.33. The van der Waals surface area contributed by atoms with Crippen molar-refractivity contribution in [1.82, 2.24) is 9.03 Å². The number of benzene rings is 2. The van der Waals surface area contributed by atoms with E-state index in [1.807, 2.05) is 0 Å². The summed E-state index contributed by atoms with van der Waals surface area (Å²) in [6.07, 6.45) is 1.07. The first kappa shape index (κ1) is 23.7. The zero-order valence-electron chi connectivity index (χ0n) is 17.1. The van der Waals surface area contributed by atoms with Crippen LogP contribution in [0.15, 0.2) is 52.3 Å². The van der Waals surface area contributed by atoms with E-state index in [2.05, 4.69) is 10.0 Å². The van der Waals surface area contributed by atoms with Gasteiger partial charge in [0.2, 0.25) is 26.0 Å². The Hall–Kier alpha value is -1.98. The summed E-state index contributed by atoms with van der Waals surface area (Å²) in [6, 6.07) is 10.4. The number of halogens is 1. The Bertz CT molecular complexity index is 1180. The van der Waals surface area contributed by atoms with Gasteiger partial charge in [0, 0.05) is 23.8 Å². The third-order valence-corrected chi connectivity index (χ3v) is 8.80. The lowest BCUT2D eigenvalue weighted by atomic mass is 9.98. The molecule has 1 atom stereocenters. The van der Waals surface area contributed by atoms with Crippen LogP contribution in [-0.2, 0) is 24.8 Å². The van der Waals surface area contributed by atoms with Gasteiger partial charge >= 0.3 is 0 Å². The summed E-state index contributed by atoms with van der Waals surface area (Å²) >= 11 is 5.85. The molecule has 2 aromatic carbocycles. The van der Waals surface area contributed by atoms with E-state index in [0.717, 1.165) is 0 Å². The number of piperidine rings is 1. The smallest absolute Gasteiger partial charge is 0.243 e. The van der Waals surface area contributed by atoms with Crippen molar-refractivity contribution >= 4 is 43.2 Å². The Labute approximate surface area is 187 Å². The molecule has 8 nitrogen and oxygen atoms in total. The van der Waals surface area contributed by atoms with E-state index < -0.39 is 26.0 Å². The zero-order valence-corrected chi connectivity index (χ0v) is 19.5. The maximum Gasteiger partial charge on any atom is 0.243 e. The Morgan fingerprint density at radius 1 is 1.06 bits per heavy atom. The fourth-order valence-corrected chi connectivity index (χ4v) is 5.79. The Balaban J connectivity index is 1.77. The molecule has 0 radical (unpaired) electrons. The van der Waals surface area contributed by atoms with Crippen LogP contribution in [0.25, 0.3) is 0 Å². The first-order chi connectivity index (χ1) is 14.5. The minimum absolute atomic E-state index is 0.0338. The number of nitrogens with one attached hydrogen (secondary N) is 2. The molecule has 0 aliphatic carbocycles. The van der Waals surface area contributed by atoms with E-state index in [0.29, 0.717) is 35.7 Å². The second-order valence-corrected chi connectivity index (χ2v) is 11.6. The van der Waals surface area contributed by atoms with Crippen molar-refractivity contribution in [3.63, 3.8) is 0 Å². The Kier molecular flexibility index (Phi) is 7.07. The number of sulfonamides is 2. The van der Waals surface area contributed by atoms with Gasteiger partial charge in [-0.3, -0.25) is 4.79 Å². The Morgan fingerprint density at radius 2 is 1.71 bits per heavy atom. The molecule has 0 spiro atoms. The van der Waals surface area contributed by atoms with Crippen LogP contribution >= 0.6 is 11.6 Å². The highest BCUT2D eigenvalue weighted by Gasteiger charge is 2.33. The van der Waals surface area contributed by atoms with Crippen LogP contribution in [-0.4, -0.2) is 47.2 Å². The first-order valence-electron chi connectivity index (χ1n) is 9.65. The molecule has 2 N–H and O–H groups in total. The quantitative estimate of drug-likeness (QED) is 0.653. The van der Waals surface area contributed by atoms with Gasteiger partial charge in [0.25, 0.3) is 0 Å². The zero-order chi connectivity index (χ0) is 22.8. The standard InChI is InChI=1S/C20H24ClN3O5S2/c1-14-5-8-18(30(26,27)22-2)12-19(14)23-20(25)15-4-3-11-24(13-15)31(28,29)17-9-6-16(21)7-10-17/h5-10,12,15,22H,3-4,11,13H2,1-2H3,(H,23,25). The number of carbonyl (C=O) groups excluding carboxylic acids is 1. The number of hydrogen-bond donors (Lipinski definition) is 2. The van der Waals surface area contributed by atoms with Crippen LogP contribution < -0.4 is 10.0 Å². The van der Waals surface area contributed by atoms with Crippen LogP contribution in [0.2, 0.25) is 5.02 Å². The molecule has 0 aromatic heterocycles. The number of rotatable bonds is 6. The second kappa shape index (κ2) is 9.25. The van der Waals surface area contributed by atoms with Crippen LogP contribution in [0.5, 0.6) is 0 Å². The molecule has 0 saturated carbocycles. The number of aryl methyl sites for hydroxylation is 1. The topological polar surface area (TPSA) is 113 Å². The highest BCUT2D eigenvalue weighted by atomic mass is 35.5. The highest BCUT2D eigenvalue weighted by Crippen LogP contribution is 2.27. The lowest BCUT2D eigenvalue weighted by molar-refractivity contribution is -0.120. The lowest BCUT2D eigenvalue weighted by Crippen LogP contribution is -2.43. The molecule has 2 aromatic rings. The summed E-state index contributed by atoms with van der Waals surface area (Å²) in [6.45, 7) is 2.12. The fourth-order valence-electron chi connectivity index (χ4n) is 3.39. The average molecular weight is 486 g/mol. The van der Waals surface area contributed by atoms with Gasteiger partial charge in [-0.05, 0) is 68.8 Å². The predicted molar refractivity (Wildman–Crippen MR) is 119 cm³/mol. The molecular formula is C20H24ClN3O5S2. The minimum Gasteiger partial charge on any atom is -0.326 e. The van der Waals surface area contributed by atoms with Crippen LogP contribution in [0.3, 0.4) is 0 Å². The first-order valence-corrected chi connectivity index (χ1v) is 13.0. The SMILES string of the molecule is CNS(=O)(=O)c1ccc(C)c(NC(=O)C2CCCN(S(=O)(=O)c3ccc(Cl)cc3)C2)c1. The molecule has 1 unspecified atom stereocenters. The summed E-state index contributed by atoms with van der Waals surface area (Å²) in [4.78, 5) is 13.0. The molecule has 168 valence electrons. The molecule has 11 heteroatoms. The van der Waals surface area contributed by atoms with Gasteiger partial charge in [-0.1, -0.05) is 17.7 Å². The highest BCUT2D eigenvalue weighted by molar-refractivity contribution is 7.89. The molecule has 1 aliphatic heterocycles. The van der Waals surface area contributed by atoms with Crippen molar-refractivity contribution < 1.29 is 21.6 Å². The van der Waals surface area contributed by atoms with Crippen LogP contribution in [0.4, 0.5) is 5.69 Å². The molecule has 31 heavy (non-hydrogen) atoms. The van der Waals surface area contributed by atoms with E-state index in [4.69, 9.17) is 11.6 Å². The number of carbonyl (C=O) groups is 1. The van der Waals surface area contributed by atoms with E-state index >= 15 is 0 Å². The predicted octanol–water partition coefficient (Wildman–Crippen LogP) is 2.60. The van der Waals surface area contributed by atoms with Crippen LogP contribution in [0.1, 0.15) is 18.4 Å². The van der Waals surface area contributed by atoms with Crippen molar-refractivity contribution in [1.29, 1.82) is 0 Å². The number of amides is 1. The summed E-state index contributed by atoms with van der Waals surface area (Å²) in [5.41, 5.74) is 1.07. The van der Waals surface area contributed by atoms with Gasteiger partial charge < -0.3 is 5.32 Å². The largest absolute Gasteiger partial charge is 0.326 e. The third kappa shape index (κ3) is 5.27. The lowest BCUT2D eigenvalue weighted by Gasteiger charge is -2.31. The molecule has 1 fully saturated rings. The van der Waals surface area contributed by atoms with E-state index in [-0.39, 0.29) is 22.2 Å². The number of anilines is 1. The number of hydrogen-bond acceptors (Lipinski definition) is 5. The van der Waals surface area contributed by atoms with Gasteiger partial charge in [-0.15, -0.1) is 0 Å². The minimum atomic E-state index is -3.75. The van der Waals surface area contributed by atoms with E-state index in [9.17, 15) is 21.6 Å². The average Bonchev–Trinajstić information content (AvgIpc) is 2.75. The third-order valence-electron chi connectivity index (χ3n) is 5.25. The van der Waals surface area contributed by atoms with Gasteiger partial charge in [-0.2, -0.15) is 4.31 Å². The molecule has 1 aliphatic rings. The molecule has 1 saturated heterocycles. The van der Waals surface area contributed by atoms with Gasteiger partial charge in [0.15, 0.2) is 0 Å². The molecule has 0 bridgehead atoms. The molecule has 1 heterocycles. The summed E-state index contributed by atoms with van der Waals surface area (Å²) < 4.78 is 53.5. The van der Waals surface area contributed by atoms with Crippen molar-refractivity contribution in [2.24, 2.45) is 5.92 Å². The fraction of sp³-hybridized carbons (Fsp3) is 0.350. The normalized spacial score (nSPS) is 18.0.